The molecule has 3 nitrogen and oxygen atoms in total. The lowest BCUT2D eigenvalue weighted by Crippen LogP contribution is -2.45. The first kappa shape index (κ1) is 14.0. The van der Waals surface area contributed by atoms with Crippen molar-refractivity contribution < 1.29 is 0 Å². The number of benzene rings is 1. The fourth-order valence-corrected chi connectivity index (χ4v) is 3.21. The van der Waals surface area contributed by atoms with Crippen molar-refractivity contribution in [3.05, 3.63) is 34.4 Å². The number of nitrogens with zero attached hydrogens (tertiary/aromatic N) is 2. The summed E-state index contributed by atoms with van der Waals surface area (Å²) < 4.78 is 0. The summed E-state index contributed by atoms with van der Waals surface area (Å²) >= 11 is 0. The van der Waals surface area contributed by atoms with Crippen molar-refractivity contribution in [2.75, 3.05) is 26.2 Å². The molecular weight excluding hydrogens is 234 g/mol. The Morgan fingerprint density at radius 1 is 1.21 bits per heavy atom. The van der Waals surface area contributed by atoms with Crippen LogP contribution in [0.5, 0.6) is 0 Å². The summed E-state index contributed by atoms with van der Waals surface area (Å²) in [5.41, 5.74) is 5.29. The highest BCUT2D eigenvalue weighted by molar-refractivity contribution is 5.40. The van der Waals surface area contributed by atoms with E-state index in [1.54, 1.807) is 0 Å². The first-order chi connectivity index (χ1) is 9.13. The molecule has 0 spiro atoms. The SMILES string of the molecule is Cc1cc(C)c([C@@H](CC#N)N2CCNCC2)c(C)c1. The van der Waals surface area contributed by atoms with E-state index in [-0.39, 0.29) is 6.04 Å². The molecule has 1 aliphatic heterocycles. The minimum absolute atomic E-state index is 0.243. The van der Waals surface area contributed by atoms with Gasteiger partial charge in [-0.2, -0.15) is 5.26 Å². The standard InChI is InChI=1S/C16H23N3/c1-12-10-13(2)16(14(3)11-12)15(4-5-17)19-8-6-18-7-9-19/h10-11,15,18H,4,6-9H2,1-3H3/t15-/m1/s1. The Balaban J connectivity index is 2.36. The second-order valence-electron chi connectivity index (χ2n) is 5.48. The molecule has 102 valence electrons. The minimum Gasteiger partial charge on any atom is -0.314 e. The van der Waals surface area contributed by atoms with Crippen molar-refractivity contribution in [3.8, 4) is 6.07 Å². The third-order valence-corrected chi connectivity index (χ3v) is 3.95. The summed E-state index contributed by atoms with van der Waals surface area (Å²) in [6, 6.07) is 7.08. The number of piperazine rings is 1. The van der Waals surface area contributed by atoms with Gasteiger partial charge in [-0.15, -0.1) is 0 Å². The number of hydrogen-bond donors (Lipinski definition) is 1. The Morgan fingerprint density at radius 2 is 1.79 bits per heavy atom. The molecule has 1 aromatic rings. The van der Waals surface area contributed by atoms with Gasteiger partial charge in [-0.3, -0.25) is 4.90 Å². The molecule has 2 rings (SSSR count). The molecule has 0 radical (unpaired) electrons. The molecule has 0 saturated carbocycles. The lowest BCUT2D eigenvalue weighted by molar-refractivity contribution is 0.174. The van der Waals surface area contributed by atoms with Crippen molar-refractivity contribution >= 4 is 0 Å². The van der Waals surface area contributed by atoms with Gasteiger partial charge in [0.05, 0.1) is 12.5 Å². The molecule has 1 aliphatic rings. The molecule has 19 heavy (non-hydrogen) atoms. The lowest BCUT2D eigenvalue weighted by atomic mass is 9.91. The molecule has 3 heteroatoms. The van der Waals surface area contributed by atoms with Gasteiger partial charge in [0.2, 0.25) is 0 Å². The van der Waals surface area contributed by atoms with Crippen LogP contribution in [0.15, 0.2) is 12.1 Å². The summed E-state index contributed by atoms with van der Waals surface area (Å²) in [7, 11) is 0. The average molecular weight is 257 g/mol. The van der Waals surface area contributed by atoms with E-state index >= 15 is 0 Å². The molecule has 0 unspecified atom stereocenters. The normalized spacial score (nSPS) is 18.0. The molecule has 1 N–H and O–H groups in total. The van der Waals surface area contributed by atoms with Gasteiger partial charge >= 0.3 is 0 Å². The number of aryl methyl sites for hydroxylation is 3. The highest BCUT2D eigenvalue weighted by Crippen LogP contribution is 2.30. The largest absolute Gasteiger partial charge is 0.314 e. The van der Waals surface area contributed by atoms with Crippen LogP contribution in [0.3, 0.4) is 0 Å². The molecule has 1 aromatic carbocycles. The van der Waals surface area contributed by atoms with Gasteiger partial charge in [0.1, 0.15) is 0 Å². The fourth-order valence-electron chi connectivity index (χ4n) is 3.21. The molecule has 1 atom stereocenters. The van der Waals surface area contributed by atoms with Crippen molar-refractivity contribution in [1.82, 2.24) is 10.2 Å². The van der Waals surface area contributed by atoms with Gasteiger partial charge in [-0.05, 0) is 37.5 Å². The van der Waals surface area contributed by atoms with E-state index < -0.39 is 0 Å². The first-order valence-electron chi connectivity index (χ1n) is 7.03. The molecule has 0 bridgehead atoms. The van der Waals surface area contributed by atoms with Gasteiger partial charge in [-0.25, -0.2) is 0 Å². The average Bonchev–Trinajstić information content (AvgIpc) is 2.37. The summed E-state index contributed by atoms with van der Waals surface area (Å²) in [4.78, 5) is 2.45. The first-order valence-corrected chi connectivity index (χ1v) is 7.03. The van der Waals surface area contributed by atoms with Crippen molar-refractivity contribution in [2.24, 2.45) is 0 Å². The molecule has 1 fully saturated rings. The van der Waals surface area contributed by atoms with E-state index in [0.717, 1.165) is 26.2 Å². The lowest BCUT2D eigenvalue weighted by Gasteiger charge is -2.35. The zero-order chi connectivity index (χ0) is 13.8. The monoisotopic (exact) mass is 257 g/mol. The topological polar surface area (TPSA) is 39.1 Å². The third-order valence-electron chi connectivity index (χ3n) is 3.95. The third kappa shape index (κ3) is 3.15. The smallest absolute Gasteiger partial charge is 0.0641 e. The van der Waals surface area contributed by atoms with Crippen LogP contribution in [0.2, 0.25) is 0 Å². The van der Waals surface area contributed by atoms with Crippen LogP contribution in [0, 0.1) is 32.1 Å². The number of rotatable bonds is 3. The van der Waals surface area contributed by atoms with E-state index in [1.807, 2.05) is 0 Å². The molecule has 0 aromatic heterocycles. The summed E-state index contributed by atoms with van der Waals surface area (Å²) in [5.74, 6) is 0. The molecular formula is C16H23N3. The van der Waals surface area contributed by atoms with Crippen molar-refractivity contribution in [1.29, 1.82) is 5.26 Å². The van der Waals surface area contributed by atoms with Gasteiger partial charge < -0.3 is 5.32 Å². The predicted molar refractivity (Wildman–Crippen MR) is 78.1 cm³/mol. The maximum atomic E-state index is 9.17. The Hall–Kier alpha value is -1.37. The number of nitrogens with one attached hydrogen (secondary N) is 1. The van der Waals surface area contributed by atoms with Crippen LogP contribution in [-0.2, 0) is 0 Å². The van der Waals surface area contributed by atoms with Crippen LogP contribution < -0.4 is 5.32 Å². The summed E-state index contributed by atoms with van der Waals surface area (Å²) in [5, 5.41) is 12.5. The van der Waals surface area contributed by atoms with Crippen LogP contribution in [0.25, 0.3) is 0 Å². The Bertz CT molecular complexity index is 458. The molecule has 0 amide bonds. The number of hydrogen-bond acceptors (Lipinski definition) is 3. The maximum Gasteiger partial charge on any atom is 0.0641 e. The van der Waals surface area contributed by atoms with Gasteiger partial charge in [0.25, 0.3) is 0 Å². The predicted octanol–water partition coefficient (Wildman–Crippen LogP) is 2.47. The highest BCUT2D eigenvalue weighted by Gasteiger charge is 2.24. The van der Waals surface area contributed by atoms with Crippen LogP contribution in [-0.4, -0.2) is 31.1 Å². The second-order valence-corrected chi connectivity index (χ2v) is 5.48. The van der Waals surface area contributed by atoms with E-state index in [0.29, 0.717) is 6.42 Å². The Labute approximate surface area is 116 Å². The van der Waals surface area contributed by atoms with E-state index in [2.05, 4.69) is 49.2 Å². The Morgan fingerprint density at radius 3 is 2.32 bits per heavy atom. The van der Waals surface area contributed by atoms with E-state index in [9.17, 15) is 5.26 Å². The zero-order valence-corrected chi connectivity index (χ0v) is 12.2. The van der Waals surface area contributed by atoms with Crippen LogP contribution >= 0.6 is 0 Å². The quantitative estimate of drug-likeness (QED) is 0.904. The zero-order valence-electron chi connectivity index (χ0n) is 12.2. The van der Waals surface area contributed by atoms with Crippen LogP contribution in [0.4, 0.5) is 0 Å². The van der Waals surface area contributed by atoms with Crippen molar-refractivity contribution in [2.45, 2.75) is 33.2 Å². The van der Waals surface area contributed by atoms with Crippen LogP contribution in [0.1, 0.15) is 34.7 Å². The van der Waals surface area contributed by atoms with Gasteiger partial charge in [0, 0.05) is 32.2 Å². The number of nitriles is 1. The second kappa shape index (κ2) is 6.18. The fraction of sp³-hybridized carbons (Fsp3) is 0.562. The minimum atomic E-state index is 0.243. The molecule has 1 heterocycles. The van der Waals surface area contributed by atoms with Gasteiger partial charge in [-0.1, -0.05) is 17.7 Å². The van der Waals surface area contributed by atoms with Crippen molar-refractivity contribution in [3.63, 3.8) is 0 Å². The highest BCUT2D eigenvalue weighted by atomic mass is 15.2. The summed E-state index contributed by atoms with van der Waals surface area (Å²) in [6.45, 7) is 10.6. The Kier molecular flexibility index (Phi) is 4.57. The van der Waals surface area contributed by atoms with E-state index in [1.165, 1.54) is 22.3 Å². The summed E-state index contributed by atoms with van der Waals surface area (Å²) in [6.07, 6.45) is 0.574. The van der Waals surface area contributed by atoms with E-state index in [4.69, 9.17) is 0 Å². The molecule has 1 saturated heterocycles. The molecule has 0 aliphatic carbocycles. The van der Waals surface area contributed by atoms with Gasteiger partial charge in [0.15, 0.2) is 0 Å². The maximum absolute atomic E-state index is 9.17.